The second-order valence-corrected chi connectivity index (χ2v) is 9.17. The predicted octanol–water partition coefficient (Wildman–Crippen LogP) is 3.52. The van der Waals surface area contributed by atoms with Gasteiger partial charge in [0.25, 0.3) is 0 Å². The summed E-state index contributed by atoms with van der Waals surface area (Å²) in [5.74, 6) is 0.886. The summed E-state index contributed by atoms with van der Waals surface area (Å²) >= 11 is 1.76. The van der Waals surface area contributed by atoms with Crippen LogP contribution in [0.25, 0.3) is 0 Å². The molecule has 2 heterocycles. The smallest absolute Gasteiger partial charge is 0.158 e. The van der Waals surface area contributed by atoms with Crippen molar-refractivity contribution in [3.63, 3.8) is 0 Å². The quantitative estimate of drug-likeness (QED) is 0.825. The van der Waals surface area contributed by atoms with Crippen molar-refractivity contribution in [2.24, 2.45) is 10.4 Å². The Hall–Kier alpha value is -2.18. The molecule has 0 fully saturated rings. The van der Waals surface area contributed by atoms with Crippen LogP contribution < -0.4 is 10.2 Å². The van der Waals surface area contributed by atoms with Gasteiger partial charge in [-0.3, -0.25) is 0 Å². The van der Waals surface area contributed by atoms with Gasteiger partial charge in [0.2, 0.25) is 0 Å². The maximum Gasteiger partial charge on any atom is 0.158 e. The topological polar surface area (TPSA) is 58.0 Å². The molecule has 6 heteroatoms. The fourth-order valence-corrected chi connectivity index (χ4v) is 4.75. The number of aromatic nitrogens is 2. The van der Waals surface area contributed by atoms with Gasteiger partial charge >= 0.3 is 0 Å². The molecule has 4 rings (SSSR count). The van der Waals surface area contributed by atoms with Gasteiger partial charge in [-0.05, 0) is 11.8 Å². The highest BCUT2D eigenvalue weighted by atomic mass is 32.2. The van der Waals surface area contributed by atoms with Gasteiger partial charge in [0.1, 0.15) is 29.3 Å². The van der Waals surface area contributed by atoms with Crippen molar-refractivity contribution in [2.45, 2.75) is 38.3 Å². The zero-order valence-electron chi connectivity index (χ0n) is 16.4. The lowest BCUT2D eigenvalue weighted by Crippen LogP contribution is -2.81. The highest BCUT2D eigenvalue weighted by Crippen LogP contribution is 2.48. The minimum Gasteiger partial charge on any atom is -0.361 e. The number of fused-ring (bicyclic) bond motifs is 2. The van der Waals surface area contributed by atoms with E-state index in [1.54, 1.807) is 18.1 Å². The number of nitrogens with two attached hydrogens (primary N) is 1. The molecule has 2 aliphatic rings. The Labute approximate surface area is 165 Å². The molecule has 1 aliphatic heterocycles. The summed E-state index contributed by atoms with van der Waals surface area (Å²) in [6, 6.07) is 10.6. The summed E-state index contributed by atoms with van der Waals surface area (Å²) < 4.78 is 0. The molecule has 27 heavy (non-hydrogen) atoms. The predicted molar refractivity (Wildman–Crippen MR) is 111 cm³/mol. The maximum absolute atomic E-state index is 5.04. The van der Waals surface area contributed by atoms with Gasteiger partial charge in [-0.25, -0.2) is 15.0 Å². The van der Waals surface area contributed by atoms with Gasteiger partial charge in [0.15, 0.2) is 5.82 Å². The van der Waals surface area contributed by atoms with Crippen molar-refractivity contribution in [2.75, 3.05) is 19.0 Å². The molecule has 0 amide bonds. The van der Waals surface area contributed by atoms with Crippen molar-refractivity contribution < 1.29 is 5.32 Å². The molecule has 1 aromatic heterocycles. The standard InChI is InChI=1S/C21H25N5S/c1-21(2)10-15(22-12-14-8-6-5-7-9-14)18-16(11-21)25-17-19(26(3)4)23-13-24-20(17)27-18/h5-9,13,22H,10-12H2,1-4H3/p+1. The molecule has 0 radical (unpaired) electrons. The zero-order chi connectivity index (χ0) is 19.0. The zero-order valence-corrected chi connectivity index (χ0v) is 17.2. The lowest BCUT2D eigenvalue weighted by Gasteiger charge is -2.34. The van der Waals surface area contributed by atoms with Crippen molar-refractivity contribution in [1.82, 2.24) is 9.97 Å². The van der Waals surface area contributed by atoms with Crippen molar-refractivity contribution >= 4 is 29.0 Å². The van der Waals surface area contributed by atoms with Crippen LogP contribution in [0.15, 0.2) is 57.3 Å². The minimum absolute atomic E-state index is 0.205. The Balaban J connectivity index is 1.71. The van der Waals surface area contributed by atoms with E-state index in [2.05, 4.69) is 59.5 Å². The normalized spacial score (nSPS) is 17.9. The van der Waals surface area contributed by atoms with E-state index >= 15 is 0 Å². The van der Waals surface area contributed by atoms with Gasteiger partial charge in [-0.15, -0.1) is 0 Å². The van der Waals surface area contributed by atoms with Gasteiger partial charge in [0, 0.05) is 26.1 Å². The van der Waals surface area contributed by atoms with Crippen LogP contribution in [-0.4, -0.2) is 29.8 Å². The van der Waals surface area contributed by atoms with E-state index in [0.717, 1.165) is 35.9 Å². The number of hydrogen-bond acceptors (Lipinski definition) is 5. The fraction of sp³-hybridized carbons (Fsp3) is 0.381. The van der Waals surface area contributed by atoms with Crippen molar-refractivity contribution in [1.29, 1.82) is 0 Å². The van der Waals surface area contributed by atoms with Crippen molar-refractivity contribution in [3.8, 4) is 0 Å². The number of rotatable bonds is 4. The molecule has 0 saturated carbocycles. The molecule has 0 atom stereocenters. The number of benzene rings is 1. The van der Waals surface area contributed by atoms with Crippen LogP contribution in [0.4, 0.5) is 11.5 Å². The Bertz CT molecular complexity index is 915. The largest absolute Gasteiger partial charge is 0.361 e. The van der Waals surface area contributed by atoms with Gasteiger partial charge in [-0.2, -0.15) is 0 Å². The van der Waals surface area contributed by atoms with Crippen LogP contribution in [-0.2, 0) is 6.54 Å². The summed E-state index contributed by atoms with van der Waals surface area (Å²) in [7, 11) is 4.01. The summed E-state index contributed by atoms with van der Waals surface area (Å²) in [6.45, 7) is 5.61. The van der Waals surface area contributed by atoms with E-state index in [1.807, 2.05) is 19.0 Å². The van der Waals surface area contributed by atoms with Crippen LogP contribution in [0.5, 0.6) is 0 Å². The Morgan fingerprint density at radius 1 is 1.11 bits per heavy atom. The number of quaternary nitrogens is 1. The molecule has 140 valence electrons. The van der Waals surface area contributed by atoms with E-state index in [-0.39, 0.29) is 5.41 Å². The average molecular weight is 381 g/mol. The molecule has 5 nitrogen and oxygen atoms in total. The number of thioether (sulfide) groups is 1. The van der Waals surface area contributed by atoms with E-state index in [0.29, 0.717) is 0 Å². The van der Waals surface area contributed by atoms with Crippen molar-refractivity contribution in [3.05, 3.63) is 52.8 Å². The lowest BCUT2D eigenvalue weighted by molar-refractivity contribution is -0.626. The van der Waals surface area contributed by atoms with E-state index in [1.165, 1.54) is 21.9 Å². The van der Waals surface area contributed by atoms with Crippen LogP contribution in [0.3, 0.4) is 0 Å². The molecule has 0 saturated heterocycles. The van der Waals surface area contributed by atoms with E-state index in [9.17, 15) is 0 Å². The monoisotopic (exact) mass is 380 g/mol. The molecule has 0 bridgehead atoms. The van der Waals surface area contributed by atoms with Gasteiger partial charge in [0.05, 0.1) is 10.6 Å². The summed E-state index contributed by atoms with van der Waals surface area (Å²) in [4.78, 5) is 17.3. The molecular weight excluding hydrogens is 354 g/mol. The molecule has 0 spiro atoms. The molecule has 1 aliphatic carbocycles. The molecule has 2 aromatic rings. The number of allylic oxidation sites excluding steroid dienone is 2. The Morgan fingerprint density at radius 3 is 2.63 bits per heavy atom. The van der Waals surface area contributed by atoms with Gasteiger partial charge in [-0.1, -0.05) is 55.9 Å². The second kappa shape index (κ2) is 7.09. The summed E-state index contributed by atoms with van der Waals surface area (Å²) in [6.07, 6.45) is 3.70. The van der Waals surface area contributed by atoms with Crippen LogP contribution in [0, 0.1) is 5.41 Å². The second-order valence-electron chi connectivity index (χ2n) is 8.17. The maximum atomic E-state index is 5.04. The van der Waals surface area contributed by atoms with Crippen LogP contribution in [0.1, 0.15) is 32.3 Å². The number of nitrogens with zero attached hydrogens (tertiary/aromatic N) is 4. The summed E-state index contributed by atoms with van der Waals surface area (Å²) in [5, 5.41) is 3.34. The van der Waals surface area contributed by atoms with Crippen LogP contribution in [0.2, 0.25) is 0 Å². The van der Waals surface area contributed by atoms with Gasteiger partial charge < -0.3 is 10.2 Å². The third-order valence-corrected chi connectivity index (χ3v) is 6.13. The third-order valence-electron chi connectivity index (χ3n) is 4.93. The molecular formula is C21H26N5S+. The Morgan fingerprint density at radius 2 is 1.89 bits per heavy atom. The number of hydrogen-bond donors (Lipinski definition) is 1. The molecule has 1 aromatic carbocycles. The minimum atomic E-state index is 0.205. The fourth-order valence-electron chi connectivity index (χ4n) is 3.70. The first kappa shape index (κ1) is 18.2. The SMILES string of the molecule is CN(C)c1ncnc2c1N=C1CC(C)(C)CC([NH2+]Cc3ccccc3)=C1S2. The number of aliphatic imine (C=N–C) groups is 1. The third kappa shape index (κ3) is 3.77. The summed E-state index contributed by atoms with van der Waals surface area (Å²) in [5.41, 5.74) is 5.03. The lowest BCUT2D eigenvalue weighted by atomic mass is 9.78. The average Bonchev–Trinajstić information content (AvgIpc) is 2.64. The highest BCUT2D eigenvalue weighted by molar-refractivity contribution is 8.04. The first-order chi connectivity index (χ1) is 12.9. The number of anilines is 1. The first-order valence-electron chi connectivity index (χ1n) is 9.31. The van der Waals surface area contributed by atoms with E-state index < -0.39 is 0 Å². The first-order valence-corrected chi connectivity index (χ1v) is 10.1. The Kier molecular flexibility index (Phi) is 4.78. The van der Waals surface area contributed by atoms with E-state index in [4.69, 9.17) is 4.99 Å². The highest BCUT2D eigenvalue weighted by Gasteiger charge is 2.37. The molecule has 0 unspecified atom stereocenters. The van der Waals surface area contributed by atoms with Crippen LogP contribution >= 0.6 is 11.8 Å². The molecule has 2 N–H and O–H groups in total.